The van der Waals surface area contributed by atoms with E-state index in [1.54, 1.807) is 6.07 Å². The monoisotopic (exact) mass is 367 g/mol. The Hall–Kier alpha value is -2.61. The van der Waals surface area contributed by atoms with Gasteiger partial charge in [0.25, 0.3) is 11.5 Å². The van der Waals surface area contributed by atoms with Gasteiger partial charge in [0.05, 0.1) is 0 Å². The molecule has 0 aliphatic heterocycles. The van der Waals surface area contributed by atoms with Crippen LogP contribution >= 0.6 is 0 Å². The van der Waals surface area contributed by atoms with Crippen molar-refractivity contribution in [2.75, 3.05) is 0 Å². The first kappa shape index (κ1) is 18.2. The molecule has 1 heterocycles. The van der Waals surface area contributed by atoms with Gasteiger partial charge in [-0.25, -0.2) is 0 Å². The number of hydrogen-bond acceptors (Lipinski definition) is 3. The molecule has 0 unspecified atom stereocenters. The van der Waals surface area contributed by atoms with E-state index in [0.717, 1.165) is 35.3 Å². The van der Waals surface area contributed by atoms with Gasteiger partial charge in [-0.05, 0) is 24.8 Å². The summed E-state index contributed by atoms with van der Waals surface area (Å²) < 4.78 is 41.2. The largest absolute Gasteiger partial charge is 0.430 e. The van der Waals surface area contributed by atoms with E-state index in [4.69, 9.17) is 0 Å². The molecule has 1 aromatic heterocycles. The van der Waals surface area contributed by atoms with Crippen molar-refractivity contribution in [3.05, 3.63) is 65.5 Å². The Labute approximate surface area is 147 Å². The van der Waals surface area contributed by atoms with E-state index in [1.807, 2.05) is 0 Å². The standard InChI is InChI=1S/C18H17F3N2O3/c19-18(20,21)17(25,15-4-2-1-3-5-15)16(24)22-9-12-8-14(13-6-7-13)11-23(26)10-12/h1-5,8,10-11,13,25H,6-7,9H2,(H-,22,24,26)/p+1/t17-/m1/s1. The molecule has 0 saturated heterocycles. The van der Waals surface area contributed by atoms with Gasteiger partial charge >= 0.3 is 6.18 Å². The summed E-state index contributed by atoms with van der Waals surface area (Å²) in [7, 11) is 0. The molecule has 0 bridgehead atoms. The summed E-state index contributed by atoms with van der Waals surface area (Å²) >= 11 is 0. The predicted octanol–water partition coefficient (Wildman–Crippen LogP) is 2.16. The van der Waals surface area contributed by atoms with Crippen LogP contribution in [-0.2, 0) is 16.9 Å². The van der Waals surface area contributed by atoms with Crippen molar-refractivity contribution < 1.29 is 33.0 Å². The summed E-state index contributed by atoms with van der Waals surface area (Å²) in [4.78, 5) is 12.3. The van der Waals surface area contributed by atoms with Gasteiger partial charge in [0.15, 0.2) is 0 Å². The Bertz CT molecular complexity index is 807. The molecule has 26 heavy (non-hydrogen) atoms. The molecule has 3 N–H and O–H groups in total. The normalized spacial score (nSPS) is 16.8. The van der Waals surface area contributed by atoms with Crippen LogP contribution in [0.2, 0.25) is 0 Å². The fraction of sp³-hybridized carbons (Fsp3) is 0.333. The minimum atomic E-state index is -5.19. The molecule has 1 atom stereocenters. The van der Waals surface area contributed by atoms with Crippen LogP contribution in [0.4, 0.5) is 13.2 Å². The van der Waals surface area contributed by atoms with Crippen LogP contribution < -0.4 is 10.0 Å². The van der Waals surface area contributed by atoms with Gasteiger partial charge in [-0.3, -0.25) is 10.0 Å². The summed E-state index contributed by atoms with van der Waals surface area (Å²) in [6.07, 6.45) is -0.402. The number of amides is 1. The third-order valence-corrected chi connectivity index (χ3v) is 4.36. The fourth-order valence-electron chi connectivity index (χ4n) is 2.80. The Morgan fingerprint density at radius 2 is 1.85 bits per heavy atom. The number of aliphatic hydroxyl groups is 1. The lowest BCUT2D eigenvalue weighted by Gasteiger charge is -2.29. The zero-order valence-electron chi connectivity index (χ0n) is 13.7. The minimum Gasteiger partial charge on any atom is -0.369 e. The highest BCUT2D eigenvalue weighted by Gasteiger charge is 2.60. The number of aromatic nitrogens is 1. The quantitative estimate of drug-likeness (QED) is 0.560. The Kier molecular flexibility index (Phi) is 4.62. The first-order valence-corrected chi connectivity index (χ1v) is 8.09. The second-order valence-electron chi connectivity index (χ2n) is 6.39. The molecular weight excluding hydrogens is 349 g/mol. The SMILES string of the molecule is O=C(NCc1cc(C2CC2)c[n+](O)c1)[C@](O)(c1ccccc1)C(F)(F)F. The van der Waals surface area contributed by atoms with Crippen molar-refractivity contribution in [3.8, 4) is 0 Å². The lowest BCUT2D eigenvalue weighted by atomic mass is 9.92. The van der Waals surface area contributed by atoms with Crippen molar-refractivity contribution in [2.24, 2.45) is 0 Å². The summed E-state index contributed by atoms with van der Waals surface area (Å²) in [5.41, 5.74) is -2.93. The van der Waals surface area contributed by atoms with Crippen LogP contribution in [0.1, 0.15) is 35.4 Å². The molecule has 1 amide bonds. The number of hydrogen-bond donors (Lipinski definition) is 3. The van der Waals surface area contributed by atoms with Gasteiger partial charge in [0.2, 0.25) is 12.4 Å². The van der Waals surface area contributed by atoms with Gasteiger partial charge in [-0.15, -0.1) is 0 Å². The molecule has 2 aromatic rings. The number of pyridine rings is 1. The maximum Gasteiger partial charge on any atom is 0.430 e. The number of halogens is 3. The van der Waals surface area contributed by atoms with Crippen LogP contribution in [0.3, 0.4) is 0 Å². The number of carbonyl (C=O) groups is 1. The minimum absolute atomic E-state index is 0.259. The molecule has 5 nitrogen and oxygen atoms in total. The van der Waals surface area contributed by atoms with E-state index < -0.39 is 23.2 Å². The van der Waals surface area contributed by atoms with Crippen LogP contribution in [0.25, 0.3) is 0 Å². The highest BCUT2D eigenvalue weighted by Crippen LogP contribution is 2.40. The van der Waals surface area contributed by atoms with Gasteiger partial charge < -0.3 is 10.4 Å². The molecule has 1 aromatic carbocycles. The molecule has 1 fully saturated rings. The molecule has 1 aliphatic carbocycles. The summed E-state index contributed by atoms with van der Waals surface area (Å²) in [5, 5.41) is 22.0. The van der Waals surface area contributed by atoms with Crippen molar-refractivity contribution in [3.63, 3.8) is 0 Å². The maximum absolute atomic E-state index is 13.5. The molecule has 138 valence electrons. The zero-order valence-corrected chi connectivity index (χ0v) is 13.7. The van der Waals surface area contributed by atoms with E-state index in [2.05, 4.69) is 5.32 Å². The predicted molar refractivity (Wildman–Crippen MR) is 84.0 cm³/mol. The summed E-state index contributed by atoms with van der Waals surface area (Å²) in [5.74, 6) is -1.25. The molecule has 1 aliphatic rings. The van der Waals surface area contributed by atoms with E-state index in [1.165, 1.54) is 30.6 Å². The Balaban J connectivity index is 1.81. The first-order chi connectivity index (χ1) is 12.2. The maximum atomic E-state index is 13.5. The van der Waals surface area contributed by atoms with E-state index in [-0.39, 0.29) is 6.54 Å². The third kappa shape index (κ3) is 3.50. The average molecular weight is 367 g/mol. The molecule has 0 spiro atoms. The number of carbonyl (C=O) groups excluding carboxylic acids is 1. The lowest BCUT2D eigenvalue weighted by molar-refractivity contribution is -0.905. The number of nitrogens with zero attached hydrogens (tertiary/aromatic N) is 1. The first-order valence-electron chi connectivity index (χ1n) is 8.09. The second-order valence-corrected chi connectivity index (χ2v) is 6.39. The molecular formula is C18H18F3N2O3+. The highest BCUT2D eigenvalue weighted by atomic mass is 19.4. The Morgan fingerprint density at radius 1 is 1.19 bits per heavy atom. The summed E-state index contributed by atoms with van der Waals surface area (Å²) in [6, 6.07) is 7.92. The molecule has 1 saturated carbocycles. The van der Waals surface area contributed by atoms with Gasteiger partial charge in [0.1, 0.15) is 0 Å². The van der Waals surface area contributed by atoms with Crippen molar-refractivity contribution in [1.82, 2.24) is 5.32 Å². The van der Waals surface area contributed by atoms with Gasteiger partial charge in [0, 0.05) is 28.0 Å². The molecule has 0 radical (unpaired) electrons. The van der Waals surface area contributed by atoms with E-state index in [0.29, 0.717) is 11.5 Å². The van der Waals surface area contributed by atoms with Crippen molar-refractivity contribution in [2.45, 2.75) is 37.1 Å². The highest BCUT2D eigenvalue weighted by molar-refractivity contribution is 5.87. The summed E-state index contributed by atoms with van der Waals surface area (Å²) in [6.45, 7) is -0.259. The van der Waals surface area contributed by atoms with Crippen LogP contribution in [0.5, 0.6) is 0 Å². The molecule has 3 rings (SSSR count). The second kappa shape index (κ2) is 6.60. The lowest BCUT2D eigenvalue weighted by Crippen LogP contribution is -2.54. The zero-order chi connectivity index (χ0) is 18.9. The van der Waals surface area contributed by atoms with Crippen molar-refractivity contribution >= 4 is 5.91 Å². The fourth-order valence-corrected chi connectivity index (χ4v) is 2.80. The van der Waals surface area contributed by atoms with Crippen LogP contribution in [-0.4, -0.2) is 22.4 Å². The number of rotatable bonds is 5. The number of alkyl halides is 3. The van der Waals surface area contributed by atoms with Crippen LogP contribution in [0.15, 0.2) is 48.8 Å². The Morgan fingerprint density at radius 3 is 2.42 bits per heavy atom. The molecule has 8 heteroatoms. The van der Waals surface area contributed by atoms with Crippen molar-refractivity contribution in [1.29, 1.82) is 0 Å². The van der Waals surface area contributed by atoms with Gasteiger partial charge in [-0.1, -0.05) is 30.3 Å². The van der Waals surface area contributed by atoms with Crippen LogP contribution in [0, 0.1) is 0 Å². The smallest absolute Gasteiger partial charge is 0.369 e. The van der Waals surface area contributed by atoms with Gasteiger partial charge in [-0.2, -0.15) is 13.2 Å². The van der Waals surface area contributed by atoms with E-state index >= 15 is 0 Å². The van der Waals surface area contributed by atoms with E-state index in [9.17, 15) is 28.3 Å². The number of nitrogens with one attached hydrogen (secondary N) is 1. The number of benzene rings is 1. The average Bonchev–Trinajstić information content (AvgIpc) is 3.43. The third-order valence-electron chi connectivity index (χ3n) is 4.36. The topological polar surface area (TPSA) is 73.4 Å².